The van der Waals surface area contributed by atoms with E-state index in [0.717, 1.165) is 18.1 Å². The molecule has 0 aliphatic carbocycles. The second-order valence-corrected chi connectivity index (χ2v) is 5.49. The van der Waals surface area contributed by atoms with Crippen LogP contribution in [0.3, 0.4) is 0 Å². The van der Waals surface area contributed by atoms with Gasteiger partial charge in [0.1, 0.15) is 0 Å². The van der Waals surface area contributed by atoms with Crippen LogP contribution in [0.25, 0.3) is 0 Å². The van der Waals surface area contributed by atoms with Crippen molar-refractivity contribution in [3.63, 3.8) is 0 Å². The van der Waals surface area contributed by atoms with E-state index in [9.17, 15) is 0 Å². The number of hydrogen-bond acceptors (Lipinski definition) is 3. The second-order valence-electron chi connectivity index (χ2n) is 4.06. The second kappa shape index (κ2) is 6.82. The molecule has 1 aromatic rings. The van der Waals surface area contributed by atoms with Crippen LogP contribution in [0.15, 0.2) is 11.4 Å². The summed E-state index contributed by atoms with van der Waals surface area (Å²) in [6.07, 6.45) is 2.64. The topological polar surface area (TPSA) is 15.3 Å². The van der Waals surface area contributed by atoms with Gasteiger partial charge in [0.15, 0.2) is 0 Å². The highest BCUT2D eigenvalue weighted by Crippen LogP contribution is 2.24. The van der Waals surface area contributed by atoms with Crippen LogP contribution in [0.1, 0.15) is 17.7 Å². The van der Waals surface area contributed by atoms with Crippen LogP contribution < -0.4 is 5.32 Å². The minimum absolute atomic E-state index is 0. The molecule has 5 heteroatoms. The molecule has 0 radical (unpaired) electrons. The SMILES string of the molecule is CNCC1CCCN1Cc1cc(Cl)cs1.Cl. The lowest BCUT2D eigenvalue weighted by Crippen LogP contribution is -2.36. The summed E-state index contributed by atoms with van der Waals surface area (Å²) in [4.78, 5) is 3.93. The molecule has 0 amide bonds. The summed E-state index contributed by atoms with van der Waals surface area (Å²) >= 11 is 7.69. The molecular formula is C11H18Cl2N2S. The molecule has 1 atom stereocenters. The number of likely N-dealkylation sites (tertiary alicyclic amines) is 1. The van der Waals surface area contributed by atoms with Gasteiger partial charge in [-0.05, 0) is 32.5 Å². The predicted octanol–water partition coefficient (Wildman–Crippen LogP) is 3.01. The Morgan fingerprint density at radius 1 is 1.62 bits per heavy atom. The molecule has 0 aromatic carbocycles. The maximum absolute atomic E-state index is 5.92. The van der Waals surface area contributed by atoms with Crippen molar-refractivity contribution in [2.75, 3.05) is 20.1 Å². The highest BCUT2D eigenvalue weighted by molar-refractivity contribution is 7.10. The van der Waals surface area contributed by atoms with E-state index in [1.54, 1.807) is 11.3 Å². The Hall–Kier alpha value is 0.200. The zero-order chi connectivity index (χ0) is 10.7. The van der Waals surface area contributed by atoms with Crippen molar-refractivity contribution in [2.45, 2.75) is 25.4 Å². The van der Waals surface area contributed by atoms with Crippen LogP contribution in [-0.2, 0) is 6.54 Å². The van der Waals surface area contributed by atoms with Gasteiger partial charge in [0.05, 0.1) is 5.02 Å². The van der Waals surface area contributed by atoms with Gasteiger partial charge < -0.3 is 5.32 Å². The predicted molar refractivity (Wildman–Crippen MR) is 73.9 cm³/mol. The molecule has 16 heavy (non-hydrogen) atoms. The summed E-state index contributed by atoms with van der Waals surface area (Å²) < 4.78 is 0. The summed E-state index contributed by atoms with van der Waals surface area (Å²) in [5.74, 6) is 0. The highest BCUT2D eigenvalue weighted by atomic mass is 35.5. The molecule has 1 saturated heterocycles. The maximum atomic E-state index is 5.92. The lowest BCUT2D eigenvalue weighted by Gasteiger charge is -2.23. The molecule has 1 unspecified atom stereocenters. The fourth-order valence-corrected chi connectivity index (χ4v) is 3.30. The molecule has 1 aromatic heterocycles. The van der Waals surface area contributed by atoms with E-state index in [1.807, 2.05) is 12.4 Å². The first-order valence-corrected chi connectivity index (χ1v) is 6.67. The van der Waals surface area contributed by atoms with Crippen molar-refractivity contribution < 1.29 is 0 Å². The maximum Gasteiger partial charge on any atom is 0.0516 e. The van der Waals surface area contributed by atoms with Crippen LogP contribution in [0.2, 0.25) is 5.02 Å². The molecule has 0 bridgehead atoms. The highest BCUT2D eigenvalue weighted by Gasteiger charge is 2.23. The average molecular weight is 281 g/mol. The Bertz CT molecular complexity index is 317. The molecule has 2 rings (SSSR count). The molecule has 2 heterocycles. The third-order valence-corrected chi connectivity index (χ3v) is 4.19. The van der Waals surface area contributed by atoms with Crippen LogP contribution in [0.5, 0.6) is 0 Å². The number of hydrogen-bond donors (Lipinski definition) is 1. The molecule has 92 valence electrons. The number of halogens is 2. The smallest absolute Gasteiger partial charge is 0.0516 e. The first kappa shape index (κ1) is 14.3. The van der Waals surface area contributed by atoms with E-state index in [4.69, 9.17) is 11.6 Å². The fraction of sp³-hybridized carbons (Fsp3) is 0.636. The first-order valence-electron chi connectivity index (χ1n) is 5.41. The third-order valence-electron chi connectivity index (χ3n) is 2.92. The molecule has 2 nitrogen and oxygen atoms in total. The van der Waals surface area contributed by atoms with E-state index in [1.165, 1.54) is 24.3 Å². The summed E-state index contributed by atoms with van der Waals surface area (Å²) in [6.45, 7) is 3.38. The fourth-order valence-electron chi connectivity index (χ4n) is 2.21. The molecule has 0 saturated carbocycles. The number of nitrogens with zero attached hydrogens (tertiary/aromatic N) is 1. The molecule has 1 fully saturated rings. The standard InChI is InChI=1S/C11H17ClN2S.ClH/c1-13-6-10-3-2-4-14(10)7-11-5-9(12)8-15-11;/h5,8,10,13H,2-4,6-7H2,1H3;1H. The van der Waals surface area contributed by atoms with Crippen LogP contribution >= 0.6 is 35.3 Å². The van der Waals surface area contributed by atoms with Gasteiger partial charge in [0.2, 0.25) is 0 Å². The molecule has 1 aliphatic heterocycles. The van der Waals surface area contributed by atoms with Gasteiger partial charge >= 0.3 is 0 Å². The van der Waals surface area contributed by atoms with E-state index >= 15 is 0 Å². The minimum Gasteiger partial charge on any atom is -0.318 e. The van der Waals surface area contributed by atoms with Crippen molar-refractivity contribution in [3.8, 4) is 0 Å². The van der Waals surface area contributed by atoms with Crippen molar-refractivity contribution >= 4 is 35.3 Å². The molecular weight excluding hydrogens is 263 g/mol. The zero-order valence-corrected chi connectivity index (χ0v) is 11.8. The summed E-state index contributed by atoms with van der Waals surface area (Å²) in [5.41, 5.74) is 0. The van der Waals surface area contributed by atoms with Gasteiger partial charge in [0.25, 0.3) is 0 Å². The van der Waals surface area contributed by atoms with E-state index in [-0.39, 0.29) is 12.4 Å². The average Bonchev–Trinajstić information content (AvgIpc) is 2.78. The van der Waals surface area contributed by atoms with Gasteiger partial charge in [-0.1, -0.05) is 11.6 Å². The first-order chi connectivity index (χ1) is 7.29. The van der Waals surface area contributed by atoms with Gasteiger partial charge in [0, 0.05) is 29.4 Å². The monoisotopic (exact) mass is 280 g/mol. The lowest BCUT2D eigenvalue weighted by atomic mass is 10.2. The zero-order valence-electron chi connectivity index (χ0n) is 9.41. The number of rotatable bonds is 4. The molecule has 1 N–H and O–H groups in total. The van der Waals surface area contributed by atoms with Crippen molar-refractivity contribution in [1.29, 1.82) is 0 Å². The van der Waals surface area contributed by atoms with Crippen molar-refractivity contribution in [2.24, 2.45) is 0 Å². The summed E-state index contributed by atoms with van der Waals surface area (Å²) in [6, 6.07) is 2.79. The summed E-state index contributed by atoms with van der Waals surface area (Å²) in [7, 11) is 2.03. The minimum atomic E-state index is 0. The molecule has 0 spiro atoms. The Balaban J connectivity index is 0.00000128. The third kappa shape index (κ3) is 3.60. The lowest BCUT2D eigenvalue weighted by molar-refractivity contribution is 0.244. The van der Waals surface area contributed by atoms with Gasteiger partial charge in [-0.2, -0.15) is 0 Å². The van der Waals surface area contributed by atoms with E-state index in [0.29, 0.717) is 6.04 Å². The number of nitrogens with one attached hydrogen (secondary N) is 1. The Labute approximate surface area is 112 Å². The van der Waals surface area contributed by atoms with Gasteiger partial charge in [-0.25, -0.2) is 0 Å². The quantitative estimate of drug-likeness (QED) is 0.912. The number of likely N-dealkylation sites (N-methyl/N-ethyl adjacent to an activating group) is 1. The largest absolute Gasteiger partial charge is 0.318 e. The molecule has 1 aliphatic rings. The van der Waals surface area contributed by atoms with Crippen LogP contribution in [-0.4, -0.2) is 31.1 Å². The Morgan fingerprint density at radius 3 is 3.06 bits per heavy atom. The summed E-state index contributed by atoms with van der Waals surface area (Å²) in [5, 5.41) is 6.15. The van der Waals surface area contributed by atoms with E-state index < -0.39 is 0 Å². The van der Waals surface area contributed by atoms with Gasteiger partial charge in [-0.3, -0.25) is 4.90 Å². The van der Waals surface area contributed by atoms with Gasteiger partial charge in [-0.15, -0.1) is 23.7 Å². The van der Waals surface area contributed by atoms with E-state index in [2.05, 4.69) is 16.3 Å². The van der Waals surface area contributed by atoms with Crippen molar-refractivity contribution in [1.82, 2.24) is 10.2 Å². The van der Waals surface area contributed by atoms with Crippen LogP contribution in [0, 0.1) is 0 Å². The van der Waals surface area contributed by atoms with Crippen LogP contribution in [0.4, 0.5) is 0 Å². The normalized spacial score (nSPS) is 21.0. The van der Waals surface area contributed by atoms with Crippen molar-refractivity contribution in [3.05, 3.63) is 21.3 Å². The Morgan fingerprint density at radius 2 is 2.44 bits per heavy atom. The Kier molecular flexibility index (Phi) is 6.08. The number of thiophene rings is 1.